The molecule has 21 heavy (non-hydrogen) atoms. The Morgan fingerprint density at radius 2 is 2.33 bits per heavy atom. The van der Waals surface area contributed by atoms with E-state index in [1.807, 2.05) is 37.9 Å². The fraction of sp³-hybridized carbons (Fsp3) is 0.562. The second kappa shape index (κ2) is 6.91. The van der Waals surface area contributed by atoms with Gasteiger partial charge in [-0.15, -0.1) is 0 Å². The highest BCUT2D eigenvalue weighted by atomic mass is 16.5. The topological polar surface area (TPSA) is 67.6 Å². The van der Waals surface area contributed by atoms with Crippen LogP contribution in [0.1, 0.15) is 25.3 Å². The number of likely N-dealkylation sites (N-methyl/N-ethyl adjacent to an activating group) is 1. The standard InChI is InChI=1S/C16H25N3O2/c1-11-6-7-13(17)9-15(11)18-16(20)12(2)19(3)10-14-5-4-8-21-14/h6-7,9,12,14H,4-5,8,10,17H2,1-3H3,(H,18,20). The van der Waals surface area contributed by atoms with Gasteiger partial charge in [-0.1, -0.05) is 6.07 Å². The number of hydrogen-bond donors (Lipinski definition) is 2. The molecule has 1 saturated heterocycles. The third-order valence-electron chi connectivity index (χ3n) is 4.08. The number of rotatable bonds is 5. The first-order chi connectivity index (χ1) is 9.97. The zero-order valence-electron chi connectivity index (χ0n) is 13.1. The molecule has 1 aromatic carbocycles. The van der Waals surface area contributed by atoms with E-state index in [4.69, 9.17) is 10.5 Å². The molecule has 0 spiro atoms. The second-order valence-electron chi connectivity index (χ2n) is 5.81. The molecule has 0 aromatic heterocycles. The second-order valence-corrected chi connectivity index (χ2v) is 5.81. The van der Waals surface area contributed by atoms with Gasteiger partial charge in [0.15, 0.2) is 0 Å². The van der Waals surface area contributed by atoms with Gasteiger partial charge in [-0.2, -0.15) is 0 Å². The van der Waals surface area contributed by atoms with E-state index >= 15 is 0 Å². The van der Waals surface area contributed by atoms with Crippen LogP contribution in [0, 0.1) is 6.92 Å². The molecule has 2 atom stereocenters. The van der Waals surface area contributed by atoms with E-state index in [9.17, 15) is 4.79 Å². The van der Waals surface area contributed by atoms with Crippen molar-refractivity contribution in [2.24, 2.45) is 0 Å². The largest absolute Gasteiger partial charge is 0.399 e. The van der Waals surface area contributed by atoms with Crippen LogP contribution in [0.2, 0.25) is 0 Å². The summed E-state index contributed by atoms with van der Waals surface area (Å²) in [4.78, 5) is 14.4. The molecule has 116 valence electrons. The summed E-state index contributed by atoms with van der Waals surface area (Å²) < 4.78 is 5.62. The Balaban J connectivity index is 1.93. The lowest BCUT2D eigenvalue weighted by Crippen LogP contribution is -2.43. The summed E-state index contributed by atoms with van der Waals surface area (Å²) in [5.41, 5.74) is 8.20. The maximum Gasteiger partial charge on any atom is 0.241 e. The number of aryl methyl sites for hydroxylation is 1. The number of nitrogens with zero attached hydrogens (tertiary/aromatic N) is 1. The molecule has 0 aliphatic carbocycles. The monoisotopic (exact) mass is 291 g/mol. The summed E-state index contributed by atoms with van der Waals surface area (Å²) >= 11 is 0. The van der Waals surface area contributed by atoms with Gasteiger partial charge in [-0.05, 0) is 51.4 Å². The molecule has 1 aromatic rings. The molecular weight excluding hydrogens is 266 g/mol. The van der Waals surface area contributed by atoms with Crippen LogP contribution in [-0.2, 0) is 9.53 Å². The average molecular weight is 291 g/mol. The van der Waals surface area contributed by atoms with E-state index in [0.717, 1.165) is 37.2 Å². The number of carbonyl (C=O) groups excluding carboxylic acids is 1. The van der Waals surface area contributed by atoms with Crippen LogP contribution in [0.5, 0.6) is 0 Å². The van der Waals surface area contributed by atoms with Crippen molar-refractivity contribution in [1.29, 1.82) is 0 Å². The van der Waals surface area contributed by atoms with Crippen LogP contribution < -0.4 is 11.1 Å². The number of amides is 1. The number of ether oxygens (including phenoxy) is 1. The van der Waals surface area contributed by atoms with Crippen molar-refractivity contribution in [3.63, 3.8) is 0 Å². The molecule has 5 heteroatoms. The first-order valence-electron chi connectivity index (χ1n) is 7.46. The van der Waals surface area contributed by atoms with E-state index in [1.54, 1.807) is 6.07 Å². The summed E-state index contributed by atoms with van der Waals surface area (Å²) in [5, 5.41) is 2.96. The zero-order chi connectivity index (χ0) is 15.4. The van der Waals surface area contributed by atoms with Crippen LogP contribution in [0.4, 0.5) is 11.4 Å². The normalized spacial score (nSPS) is 19.7. The van der Waals surface area contributed by atoms with Gasteiger partial charge in [0.25, 0.3) is 0 Å². The number of benzene rings is 1. The fourth-order valence-corrected chi connectivity index (χ4v) is 2.48. The predicted octanol–water partition coefficient (Wildman–Crippen LogP) is 2.02. The lowest BCUT2D eigenvalue weighted by atomic mass is 10.1. The van der Waals surface area contributed by atoms with Gasteiger partial charge in [-0.3, -0.25) is 9.69 Å². The average Bonchev–Trinajstić information content (AvgIpc) is 2.94. The Morgan fingerprint density at radius 1 is 1.57 bits per heavy atom. The van der Waals surface area contributed by atoms with Crippen molar-refractivity contribution in [2.75, 3.05) is 31.2 Å². The Labute approximate surface area is 126 Å². The van der Waals surface area contributed by atoms with Crippen molar-refractivity contribution < 1.29 is 9.53 Å². The number of anilines is 2. The van der Waals surface area contributed by atoms with Crippen LogP contribution in [0.25, 0.3) is 0 Å². The van der Waals surface area contributed by atoms with Crippen molar-refractivity contribution >= 4 is 17.3 Å². The zero-order valence-corrected chi connectivity index (χ0v) is 13.1. The lowest BCUT2D eigenvalue weighted by Gasteiger charge is -2.26. The van der Waals surface area contributed by atoms with Crippen molar-refractivity contribution in [1.82, 2.24) is 4.90 Å². The maximum absolute atomic E-state index is 12.4. The molecule has 0 saturated carbocycles. The van der Waals surface area contributed by atoms with E-state index < -0.39 is 0 Å². The van der Waals surface area contributed by atoms with Gasteiger partial charge < -0.3 is 15.8 Å². The first kappa shape index (κ1) is 15.8. The van der Waals surface area contributed by atoms with E-state index in [1.165, 1.54) is 0 Å². The number of nitrogens with one attached hydrogen (secondary N) is 1. The predicted molar refractivity (Wildman–Crippen MR) is 85.3 cm³/mol. The quantitative estimate of drug-likeness (QED) is 0.814. The van der Waals surface area contributed by atoms with Crippen LogP contribution in [0.3, 0.4) is 0 Å². The molecule has 1 fully saturated rings. The molecule has 1 heterocycles. The van der Waals surface area contributed by atoms with Gasteiger partial charge in [-0.25, -0.2) is 0 Å². The van der Waals surface area contributed by atoms with Gasteiger partial charge in [0, 0.05) is 24.5 Å². The van der Waals surface area contributed by atoms with Crippen LogP contribution in [0.15, 0.2) is 18.2 Å². The minimum atomic E-state index is -0.213. The van der Waals surface area contributed by atoms with Gasteiger partial charge >= 0.3 is 0 Å². The Bertz CT molecular complexity index is 498. The highest BCUT2D eigenvalue weighted by Crippen LogP contribution is 2.19. The Morgan fingerprint density at radius 3 is 3.00 bits per heavy atom. The molecule has 0 bridgehead atoms. The molecule has 3 N–H and O–H groups in total. The molecule has 2 unspecified atom stereocenters. The van der Waals surface area contributed by atoms with Gasteiger partial charge in [0.05, 0.1) is 12.1 Å². The molecular formula is C16H25N3O2. The summed E-state index contributed by atoms with van der Waals surface area (Å²) in [6.45, 7) is 5.48. The Kier molecular flexibility index (Phi) is 5.20. The number of carbonyl (C=O) groups is 1. The molecule has 1 aliphatic rings. The van der Waals surface area contributed by atoms with E-state index in [-0.39, 0.29) is 18.1 Å². The third kappa shape index (κ3) is 4.19. The minimum Gasteiger partial charge on any atom is -0.399 e. The third-order valence-corrected chi connectivity index (χ3v) is 4.08. The molecule has 5 nitrogen and oxygen atoms in total. The van der Waals surface area contributed by atoms with Crippen molar-refractivity contribution in [3.8, 4) is 0 Å². The maximum atomic E-state index is 12.4. The van der Waals surface area contributed by atoms with Crippen LogP contribution >= 0.6 is 0 Å². The molecule has 0 radical (unpaired) electrons. The summed E-state index contributed by atoms with van der Waals surface area (Å²) in [7, 11) is 1.96. The molecule has 1 aliphatic heterocycles. The number of nitrogen functional groups attached to an aromatic ring is 1. The number of nitrogens with two attached hydrogens (primary N) is 1. The highest BCUT2D eigenvalue weighted by molar-refractivity contribution is 5.95. The van der Waals surface area contributed by atoms with Crippen molar-refractivity contribution in [3.05, 3.63) is 23.8 Å². The molecule has 2 rings (SSSR count). The van der Waals surface area contributed by atoms with Crippen molar-refractivity contribution in [2.45, 2.75) is 38.8 Å². The van der Waals surface area contributed by atoms with E-state index in [2.05, 4.69) is 5.32 Å². The lowest BCUT2D eigenvalue weighted by molar-refractivity contribution is -0.120. The minimum absolute atomic E-state index is 0.0239. The summed E-state index contributed by atoms with van der Waals surface area (Å²) in [6, 6.07) is 5.32. The summed E-state index contributed by atoms with van der Waals surface area (Å²) in [6.07, 6.45) is 2.44. The fourth-order valence-electron chi connectivity index (χ4n) is 2.48. The SMILES string of the molecule is Cc1ccc(N)cc1NC(=O)C(C)N(C)CC1CCCO1. The van der Waals surface area contributed by atoms with E-state index in [0.29, 0.717) is 5.69 Å². The van der Waals surface area contributed by atoms with Crippen LogP contribution in [-0.4, -0.2) is 43.2 Å². The Hall–Kier alpha value is -1.59. The van der Waals surface area contributed by atoms with Gasteiger partial charge in [0.2, 0.25) is 5.91 Å². The number of hydrogen-bond acceptors (Lipinski definition) is 4. The smallest absolute Gasteiger partial charge is 0.241 e. The highest BCUT2D eigenvalue weighted by Gasteiger charge is 2.23. The first-order valence-corrected chi connectivity index (χ1v) is 7.46. The molecule has 1 amide bonds. The van der Waals surface area contributed by atoms with Gasteiger partial charge in [0.1, 0.15) is 0 Å². The summed E-state index contributed by atoms with van der Waals surface area (Å²) in [5.74, 6) is -0.0239.